The number of nitrogens with zero attached hydrogens (tertiary/aromatic N) is 1. The first-order valence-corrected chi connectivity index (χ1v) is 7.95. The van der Waals surface area contributed by atoms with E-state index in [-0.39, 0.29) is 12.5 Å². The van der Waals surface area contributed by atoms with Crippen molar-refractivity contribution in [2.75, 3.05) is 6.61 Å². The largest absolute Gasteiger partial charge is 0.483 e. The van der Waals surface area contributed by atoms with Crippen LogP contribution in [0.2, 0.25) is 10.0 Å². The van der Waals surface area contributed by atoms with E-state index in [0.29, 0.717) is 27.8 Å². The SMILES string of the molecule is C=CCc1ccccc1OCC(=O)N/N=C\c1cccc(Cl)c1Cl. The second-order valence-electron chi connectivity index (χ2n) is 4.83. The smallest absolute Gasteiger partial charge is 0.277 e. The van der Waals surface area contributed by atoms with Crippen LogP contribution in [0, 0.1) is 0 Å². The van der Waals surface area contributed by atoms with E-state index in [4.69, 9.17) is 27.9 Å². The van der Waals surface area contributed by atoms with Crippen LogP contribution >= 0.6 is 23.2 Å². The third-order valence-electron chi connectivity index (χ3n) is 3.07. The summed E-state index contributed by atoms with van der Waals surface area (Å²) >= 11 is 11.9. The molecule has 0 aliphatic heterocycles. The molecule has 0 atom stereocenters. The third kappa shape index (κ3) is 5.11. The maximum atomic E-state index is 11.8. The average Bonchev–Trinajstić information content (AvgIpc) is 2.58. The van der Waals surface area contributed by atoms with Gasteiger partial charge in [0.2, 0.25) is 0 Å². The number of hydrogen-bond donors (Lipinski definition) is 1. The first-order chi connectivity index (χ1) is 11.6. The van der Waals surface area contributed by atoms with Gasteiger partial charge in [0.25, 0.3) is 5.91 Å². The molecule has 0 aliphatic carbocycles. The van der Waals surface area contributed by atoms with Crippen LogP contribution in [0.25, 0.3) is 0 Å². The molecule has 0 unspecified atom stereocenters. The standard InChI is InChI=1S/C18H16Cl2N2O2/c1-2-6-13-7-3-4-10-16(13)24-12-17(23)22-21-11-14-8-5-9-15(19)18(14)20/h2-5,7-11H,1,6,12H2,(H,22,23)/b21-11-. The maximum absolute atomic E-state index is 11.8. The van der Waals surface area contributed by atoms with Crippen LogP contribution in [0.5, 0.6) is 5.75 Å². The Bertz CT molecular complexity index is 760. The van der Waals surface area contributed by atoms with Crippen LogP contribution in [0.1, 0.15) is 11.1 Å². The van der Waals surface area contributed by atoms with Crippen molar-refractivity contribution in [1.29, 1.82) is 0 Å². The molecule has 4 nitrogen and oxygen atoms in total. The highest BCUT2D eigenvalue weighted by Gasteiger charge is 2.05. The second kappa shape index (κ2) is 9.11. The number of hydrogen-bond acceptors (Lipinski definition) is 3. The predicted molar refractivity (Wildman–Crippen MR) is 98.0 cm³/mol. The van der Waals surface area contributed by atoms with E-state index in [1.165, 1.54) is 6.21 Å². The monoisotopic (exact) mass is 362 g/mol. The number of para-hydroxylation sites is 1. The Morgan fingerprint density at radius 1 is 1.21 bits per heavy atom. The van der Waals surface area contributed by atoms with E-state index >= 15 is 0 Å². The van der Waals surface area contributed by atoms with Gasteiger partial charge < -0.3 is 4.74 Å². The van der Waals surface area contributed by atoms with Crippen LogP contribution in [0.3, 0.4) is 0 Å². The Hall–Kier alpha value is -2.30. The van der Waals surface area contributed by atoms with E-state index in [1.807, 2.05) is 18.2 Å². The van der Waals surface area contributed by atoms with Gasteiger partial charge in [-0.2, -0.15) is 5.10 Å². The van der Waals surface area contributed by atoms with Gasteiger partial charge in [0.1, 0.15) is 5.75 Å². The molecule has 6 heteroatoms. The molecule has 0 spiro atoms. The van der Waals surface area contributed by atoms with Gasteiger partial charge in [0.05, 0.1) is 16.3 Å². The molecule has 24 heavy (non-hydrogen) atoms. The van der Waals surface area contributed by atoms with Crippen molar-refractivity contribution >= 4 is 35.3 Å². The summed E-state index contributed by atoms with van der Waals surface area (Å²) < 4.78 is 5.52. The number of allylic oxidation sites excluding steroid dienone is 1. The van der Waals surface area contributed by atoms with Gasteiger partial charge in [-0.25, -0.2) is 5.43 Å². The number of rotatable bonds is 7. The Morgan fingerprint density at radius 3 is 2.79 bits per heavy atom. The molecule has 0 aromatic heterocycles. The minimum atomic E-state index is -0.377. The molecule has 0 saturated carbocycles. The molecular formula is C18H16Cl2N2O2. The first-order valence-electron chi connectivity index (χ1n) is 7.19. The van der Waals surface area contributed by atoms with Crippen LogP contribution < -0.4 is 10.2 Å². The molecule has 124 valence electrons. The summed E-state index contributed by atoms with van der Waals surface area (Å²) in [6.07, 6.45) is 3.88. The molecule has 0 heterocycles. The molecule has 1 amide bonds. The summed E-state index contributed by atoms with van der Waals surface area (Å²) in [6, 6.07) is 12.6. The fourth-order valence-corrected chi connectivity index (χ4v) is 2.29. The Morgan fingerprint density at radius 2 is 2.00 bits per heavy atom. The number of carbonyl (C=O) groups is 1. The summed E-state index contributed by atoms with van der Waals surface area (Å²) in [5.74, 6) is 0.271. The molecule has 1 N–H and O–H groups in total. The van der Waals surface area contributed by atoms with Gasteiger partial charge in [-0.05, 0) is 24.1 Å². The zero-order valence-corrected chi connectivity index (χ0v) is 14.3. The van der Waals surface area contributed by atoms with Crippen LogP contribution in [0.4, 0.5) is 0 Å². The van der Waals surface area contributed by atoms with Crippen molar-refractivity contribution in [3.05, 3.63) is 76.3 Å². The molecule has 0 fully saturated rings. The maximum Gasteiger partial charge on any atom is 0.277 e. The van der Waals surface area contributed by atoms with E-state index in [9.17, 15) is 4.79 Å². The normalized spacial score (nSPS) is 10.6. The van der Waals surface area contributed by atoms with Gasteiger partial charge in [0.15, 0.2) is 6.61 Å². The fraction of sp³-hybridized carbons (Fsp3) is 0.111. The molecule has 0 aliphatic rings. The minimum absolute atomic E-state index is 0.144. The lowest BCUT2D eigenvalue weighted by Gasteiger charge is -2.09. The van der Waals surface area contributed by atoms with E-state index in [2.05, 4.69) is 17.1 Å². The van der Waals surface area contributed by atoms with Crippen LogP contribution in [-0.2, 0) is 11.2 Å². The van der Waals surface area contributed by atoms with Crippen molar-refractivity contribution in [2.24, 2.45) is 5.10 Å². The van der Waals surface area contributed by atoms with Crippen molar-refractivity contribution in [3.8, 4) is 5.75 Å². The lowest BCUT2D eigenvalue weighted by atomic mass is 10.1. The summed E-state index contributed by atoms with van der Waals surface area (Å²) in [4.78, 5) is 11.8. The molecule has 0 saturated heterocycles. The van der Waals surface area contributed by atoms with Crippen molar-refractivity contribution in [1.82, 2.24) is 5.43 Å². The first kappa shape index (κ1) is 18.0. The highest BCUT2D eigenvalue weighted by atomic mass is 35.5. The fourth-order valence-electron chi connectivity index (χ4n) is 1.94. The average molecular weight is 363 g/mol. The number of halogens is 2. The molecule has 2 rings (SSSR count). The molecule has 2 aromatic rings. The van der Waals surface area contributed by atoms with E-state index < -0.39 is 0 Å². The molecule has 0 bridgehead atoms. The van der Waals surface area contributed by atoms with Gasteiger partial charge in [-0.1, -0.05) is 59.6 Å². The van der Waals surface area contributed by atoms with Crippen molar-refractivity contribution in [2.45, 2.75) is 6.42 Å². The second-order valence-corrected chi connectivity index (χ2v) is 5.61. The summed E-state index contributed by atoms with van der Waals surface area (Å²) in [7, 11) is 0. The van der Waals surface area contributed by atoms with E-state index in [0.717, 1.165) is 5.56 Å². The number of benzene rings is 2. The molecular weight excluding hydrogens is 347 g/mol. The number of carbonyl (C=O) groups excluding carboxylic acids is 1. The van der Waals surface area contributed by atoms with Crippen molar-refractivity contribution < 1.29 is 9.53 Å². The lowest BCUT2D eigenvalue weighted by Crippen LogP contribution is -2.24. The lowest BCUT2D eigenvalue weighted by molar-refractivity contribution is -0.123. The van der Waals surface area contributed by atoms with E-state index in [1.54, 1.807) is 30.3 Å². The Labute approximate surface area is 150 Å². The van der Waals surface area contributed by atoms with Gasteiger partial charge in [0, 0.05) is 5.56 Å². The number of ether oxygens (including phenoxy) is 1. The summed E-state index contributed by atoms with van der Waals surface area (Å²) in [5, 5.41) is 4.66. The van der Waals surface area contributed by atoms with Gasteiger partial charge in [-0.3, -0.25) is 4.79 Å². The Balaban J connectivity index is 1.89. The predicted octanol–water partition coefficient (Wildman–Crippen LogP) is 4.25. The van der Waals surface area contributed by atoms with Gasteiger partial charge >= 0.3 is 0 Å². The quantitative estimate of drug-likeness (QED) is 0.454. The highest BCUT2D eigenvalue weighted by Crippen LogP contribution is 2.24. The topological polar surface area (TPSA) is 50.7 Å². The van der Waals surface area contributed by atoms with Crippen LogP contribution in [-0.4, -0.2) is 18.7 Å². The summed E-state index contributed by atoms with van der Waals surface area (Å²) in [6.45, 7) is 3.56. The highest BCUT2D eigenvalue weighted by molar-refractivity contribution is 6.43. The molecule has 0 radical (unpaired) electrons. The third-order valence-corrected chi connectivity index (χ3v) is 3.90. The zero-order valence-electron chi connectivity index (χ0n) is 12.8. The number of hydrazone groups is 1. The van der Waals surface area contributed by atoms with Crippen LogP contribution in [0.15, 0.2) is 60.2 Å². The van der Waals surface area contributed by atoms with Crippen molar-refractivity contribution in [3.63, 3.8) is 0 Å². The minimum Gasteiger partial charge on any atom is -0.483 e. The summed E-state index contributed by atoms with van der Waals surface area (Å²) in [5.41, 5.74) is 3.96. The number of nitrogens with one attached hydrogen (secondary N) is 1. The van der Waals surface area contributed by atoms with Gasteiger partial charge in [-0.15, -0.1) is 6.58 Å². The number of amides is 1. The zero-order chi connectivity index (χ0) is 17.4. The molecule has 2 aromatic carbocycles. The Kier molecular flexibility index (Phi) is 6.85.